The molecule has 106 valence electrons. The molecule has 1 aliphatic heterocycles. The van der Waals surface area contributed by atoms with Crippen LogP contribution in [0.2, 0.25) is 0 Å². The second kappa shape index (κ2) is 6.48. The summed E-state index contributed by atoms with van der Waals surface area (Å²) >= 11 is 1.69. The maximum atomic E-state index is 5.75. The molecule has 1 N–H and O–H groups in total. The van der Waals surface area contributed by atoms with Crippen LogP contribution in [0.5, 0.6) is 0 Å². The fraction of sp³-hybridized carbons (Fsp3) is 0.438. The standard InChI is InChI=1S/C16H20N2OS/c1-2-3-12-4-6-13(7-5-12)14-11-20-16(18-14)15-10-17-8-9-19-15/h4-7,11,15,17H,2-3,8-10H2,1H3. The van der Waals surface area contributed by atoms with Crippen molar-refractivity contribution in [2.24, 2.45) is 0 Å². The van der Waals surface area contributed by atoms with Crippen molar-refractivity contribution in [1.82, 2.24) is 10.3 Å². The van der Waals surface area contributed by atoms with Crippen LogP contribution in [0.4, 0.5) is 0 Å². The summed E-state index contributed by atoms with van der Waals surface area (Å²) in [5, 5.41) is 6.55. The molecule has 0 radical (unpaired) electrons. The molecule has 0 amide bonds. The molecule has 1 fully saturated rings. The van der Waals surface area contributed by atoms with Gasteiger partial charge in [-0.3, -0.25) is 0 Å². The van der Waals surface area contributed by atoms with E-state index in [0.29, 0.717) is 0 Å². The van der Waals surface area contributed by atoms with Crippen LogP contribution in [-0.2, 0) is 11.2 Å². The first-order valence-electron chi connectivity index (χ1n) is 7.24. The largest absolute Gasteiger partial charge is 0.368 e. The molecule has 1 saturated heterocycles. The molecule has 1 aromatic carbocycles. The van der Waals surface area contributed by atoms with Gasteiger partial charge in [0.05, 0.1) is 12.3 Å². The van der Waals surface area contributed by atoms with Gasteiger partial charge in [0.1, 0.15) is 11.1 Å². The Balaban J connectivity index is 1.75. The Bertz CT molecular complexity index is 544. The first kappa shape index (κ1) is 13.7. The lowest BCUT2D eigenvalue weighted by Gasteiger charge is -2.21. The predicted octanol–water partition coefficient (Wildman–Crippen LogP) is 3.42. The summed E-state index contributed by atoms with van der Waals surface area (Å²) in [6.45, 7) is 4.78. The van der Waals surface area contributed by atoms with Gasteiger partial charge >= 0.3 is 0 Å². The Morgan fingerprint density at radius 1 is 1.35 bits per heavy atom. The summed E-state index contributed by atoms with van der Waals surface area (Å²) in [5.41, 5.74) is 3.64. The monoisotopic (exact) mass is 288 g/mol. The number of aryl methyl sites for hydroxylation is 1. The Morgan fingerprint density at radius 3 is 2.90 bits per heavy atom. The Morgan fingerprint density at radius 2 is 2.20 bits per heavy atom. The molecule has 0 saturated carbocycles. The van der Waals surface area contributed by atoms with Crippen molar-refractivity contribution in [2.75, 3.05) is 19.7 Å². The SMILES string of the molecule is CCCc1ccc(-c2csc(C3CNCCO3)n2)cc1. The minimum Gasteiger partial charge on any atom is -0.368 e. The fourth-order valence-corrected chi connectivity index (χ4v) is 3.30. The maximum absolute atomic E-state index is 5.75. The third-order valence-corrected chi connectivity index (χ3v) is 4.45. The Labute approximate surface area is 124 Å². The van der Waals surface area contributed by atoms with Gasteiger partial charge in [0.2, 0.25) is 0 Å². The molecule has 20 heavy (non-hydrogen) atoms. The molecule has 4 heteroatoms. The van der Waals surface area contributed by atoms with Crippen LogP contribution >= 0.6 is 11.3 Å². The van der Waals surface area contributed by atoms with E-state index >= 15 is 0 Å². The van der Waals surface area contributed by atoms with Crippen LogP contribution in [0.25, 0.3) is 11.3 Å². The molecular weight excluding hydrogens is 268 g/mol. The van der Waals surface area contributed by atoms with Gasteiger partial charge in [0, 0.05) is 24.0 Å². The van der Waals surface area contributed by atoms with Crippen LogP contribution in [0.1, 0.15) is 30.0 Å². The second-order valence-corrected chi connectivity index (χ2v) is 5.97. The zero-order chi connectivity index (χ0) is 13.8. The molecule has 0 aliphatic carbocycles. The zero-order valence-corrected chi connectivity index (χ0v) is 12.6. The lowest BCUT2D eigenvalue weighted by molar-refractivity contribution is 0.0276. The summed E-state index contributed by atoms with van der Waals surface area (Å²) in [5.74, 6) is 0. The Hall–Kier alpha value is -1.23. The minimum absolute atomic E-state index is 0.113. The molecule has 1 aliphatic rings. The van der Waals surface area contributed by atoms with Crippen LogP contribution in [0.15, 0.2) is 29.6 Å². The van der Waals surface area contributed by atoms with Gasteiger partial charge in [0.25, 0.3) is 0 Å². The first-order chi connectivity index (χ1) is 9.86. The van der Waals surface area contributed by atoms with E-state index in [0.717, 1.165) is 36.8 Å². The van der Waals surface area contributed by atoms with E-state index in [9.17, 15) is 0 Å². The highest BCUT2D eigenvalue weighted by atomic mass is 32.1. The van der Waals surface area contributed by atoms with E-state index in [1.165, 1.54) is 17.5 Å². The first-order valence-corrected chi connectivity index (χ1v) is 8.12. The van der Waals surface area contributed by atoms with Crippen molar-refractivity contribution >= 4 is 11.3 Å². The number of nitrogens with one attached hydrogen (secondary N) is 1. The number of nitrogens with zero attached hydrogens (tertiary/aromatic N) is 1. The third kappa shape index (κ3) is 3.08. The fourth-order valence-electron chi connectivity index (χ4n) is 2.42. The van der Waals surface area contributed by atoms with E-state index in [4.69, 9.17) is 9.72 Å². The maximum Gasteiger partial charge on any atom is 0.124 e. The summed E-state index contributed by atoms with van der Waals surface area (Å²) in [4.78, 5) is 4.73. The van der Waals surface area contributed by atoms with Gasteiger partial charge in [0.15, 0.2) is 0 Å². The molecule has 1 aromatic heterocycles. The Kier molecular flexibility index (Phi) is 4.45. The second-order valence-electron chi connectivity index (χ2n) is 5.08. The van der Waals surface area contributed by atoms with Gasteiger partial charge in [-0.1, -0.05) is 37.6 Å². The average molecular weight is 288 g/mol. The highest BCUT2D eigenvalue weighted by Gasteiger charge is 2.19. The molecule has 3 rings (SSSR count). The summed E-state index contributed by atoms with van der Waals surface area (Å²) in [6.07, 6.45) is 2.44. The highest BCUT2D eigenvalue weighted by molar-refractivity contribution is 7.10. The summed E-state index contributed by atoms with van der Waals surface area (Å²) in [7, 11) is 0. The van der Waals surface area contributed by atoms with Crippen LogP contribution in [0, 0.1) is 0 Å². The molecular formula is C16H20N2OS. The predicted molar refractivity (Wildman–Crippen MR) is 83.1 cm³/mol. The molecule has 1 atom stereocenters. The van der Waals surface area contributed by atoms with Gasteiger partial charge in [-0.15, -0.1) is 11.3 Å². The highest BCUT2D eigenvalue weighted by Crippen LogP contribution is 2.28. The number of ether oxygens (including phenoxy) is 1. The van der Waals surface area contributed by atoms with E-state index in [1.807, 2.05) is 0 Å². The number of morpholine rings is 1. The van der Waals surface area contributed by atoms with Gasteiger partial charge in [-0.05, 0) is 12.0 Å². The third-order valence-electron chi connectivity index (χ3n) is 3.51. The van der Waals surface area contributed by atoms with Crippen LogP contribution in [0.3, 0.4) is 0 Å². The van der Waals surface area contributed by atoms with Crippen molar-refractivity contribution in [3.8, 4) is 11.3 Å². The van der Waals surface area contributed by atoms with Crippen molar-refractivity contribution in [3.05, 3.63) is 40.2 Å². The van der Waals surface area contributed by atoms with Crippen molar-refractivity contribution in [2.45, 2.75) is 25.9 Å². The normalized spacial score (nSPS) is 19.1. The van der Waals surface area contributed by atoms with Crippen molar-refractivity contribution in [3.63, 3.8) is 0 Å². The van der Waals surface area contributed by atoms with Crippen LogP contribution < -0.4 is 5.32 Å². The molecule has 0 spiro atoms. The number of aromatic nitrogens is 1. The van der Waals surface area contributed by atoms with E-state index in [2.05, 4.69) is 41.9 Å². The quantitative estimate of drug-likeness (QED) is 0.936. The molecule has 1 unspecified atom stereocenters. The van der Waals surface area contributed by atoms with Gasteiger partial charge in [-0.2, -0.15) is 0 Å². The average Bonchev–Trinajstić information content (AvgIpc) is 2.99. The van der Waals surface area contributed by atoms with Crippen molar-refractivity contribution < 1.29 is 4.74 Å². The van der Waals surface area contributed by atoms with E-state index < -0.39 is 0 Å². The van der Waals surface area contributed by atoms with Crippen LogP contribution in [-0.4, -0.2) is 24.7 Å². The molecule has 2 heterocycles. The smallest absolute Gasteiger partial charge is 0.124 e. The number of rotatable bonds is 4. The van der Waals surface area contributed by atoms with Gasteiger partial charge in [-0.25, -0.2) is 4.98 Å². The van der Waals surface area contributed by atoms with Crippen molar-refractivity contribution in [1.29, 1.82) is 0 Å². The number of hydrogen-bond acceptors (Lipinski definition) is 4. The van der Waals surface area contributed by atoms with E-state index in [1.54, 1.807) is 11.3 Å². The summed E-state index contributed by atoms with van der Waals surface area (Å²) in [6, 6.07) is 8.75. The lowest BCUT2D eigenvalue weighted by atomic mass is 10.1. The summed E-state index contributed by atoms with van der Waals surface area (Å²) < 4.78 is 5.75. The minimum atomic E-state index is 0.113. The molecule has 0 bridgehead atoms. The van der Waals surface area contributed by atoms with Gasteiger partial charge < -0.3 is 10.1 Å². The topological polar surface area (TPSA) is 34.1 Å². The zero-order valence-electron chi connectivity index (χ0n) is 11.8. The molecule has 2 aromatic rings. The number of hydrogen-bond donors (Lipinski definition) is 1. The number of benzene rings is 1. The number of thiazole rings is 1. The lowest BCUT2D eigenvalue weighted by Crippen LogP contribution is -2.33. The van der Waals surface area contributed by atoms with E-state index in [-0.39, 0.29) is 6.10 Å². The molecule has 3 nitrogen and oxygen atoms in total.